The third-order valence-electron chi connectivity index (χ3n) is 2.79. The van der Waals surface area contributed by atoms with E-state index < -0.39 is 5.97 Å². The topological polar surface area (TPSA) is 66.4 Å². The molecule has 4 nitrogen and oxygen atoms in total. The molecule has 1 amide bonds. The van der Waals surface area contributed by atoms with E-state index in [9.17, 15) is 9.59 Å². The van der Waals surface area contributed by atoms with Crippen molar-refractivity contribution < 1.29 is 14.7 Å². The third-order valence-corrected chi connectivity index (χ3v) is 5.23. The van der Waals surface area contributed by atoms with Crippen molar-refractivity contribution in [1.29, 1.82) is 0 Å². The average molecular weight is 321 g/mol. The summed E-state index contributed by atoms with van der Waals surface area (Å²) < 4.78 is 1.09. The standard InChI is InChI=1S/C15H15NO3S2/c1-2-12(21-13-7-4-8-20-13)14(17)16-11-6-3-5-10(9-11)15(18)19/h3-9,12H,2H2,1H3,(H,16,17)(H,18,19). The molecule has 0 aliphatic heterocycles. The minimum absolute atomic E-state index is 0.113. The van der Waals surface area contributed by atoms with Crippen LogP contribution in [0.1, 0.15) is 23.7 Å². The van der Waals surface area contributed by atoms with Gasteiger partial charge in [0.25, 0.3) is 0 Å². The van der Waals surface area contributed by atoms with Crippen molar-refractivity contribution >= 4 is 40.7 Å². The van der Waals surface area contributed by atoms with Gasteiger partial charge in [-0.2, -0.15) is 0 Å². The zero-order valence-electron chi connectivity index (χ0n) is 11.4. The van der Waals surface area contributed by atoms with Gasteiger partial charge in [0.2, 0.25) is 5.91 Å². The lowest BCUT2D eigenvalue weighted by Crippen LogP contribution is -2.24. The van der Waals surface area contributed by atoms with Crippen molar-refractivity contribution in [3.63, 3.8) is 0 Å². The summed E-state index contributed by atoms with van der Waals surface area (Å²) in [5, 5.41) is 13.5. The van der Waals surface area contributed by atoms with Crippen LogP contribution in [0.3, 0.4) is 0 Å². The van der Waals surface area contributed by atoms with E-state index in [1.807, 2.05) is 24.4 Å². The number of carbonyl (C=O) groups excluding carboxylic acids is 1. The van der Waals surface area contributed by atoms with Crippen LogP contribution < -0.4 is 5.32 Å². The maximum atomic E-state index is 12.3. The molecule has 1 aromatic carbocycles. The van der Waals surface area contributed by atoms with E-state index in [0.29, 0.717) is 12.1 Å². The highest BCUT2D eigenvalue weighted by molar-refractivity contribution is 8.02. The Morgan fingerprint density at radius 2 is 2.14 bits per heavy atom. The molecule has 110 valence electrons. The molecule has 0 radical (unpaired) electrons. The van der Waals surface area contributed by atoms with Gasteiger partial charge in [0.05, 0.1) is 15.0 Å². The van der Waals surface area contributed by atoms with Crippen molar-refractivity contribution in [3.05, 3.63) is 47.3 Å². The molecule has 2 rings (SSSR count). The molecular weight excluding hydrogens is 306 g/mol. The van der Waals surface area contributed by atoms with Crippen LogP contribution >= 0.6 is 23.1 Å². The lowest BCUT2D eigenvalue weighted by Gasteiger charge is -2.14. The second-order valence-corrected chi connectivity index (χ2v) is 6.77. The van der Waals surface area contributed by atoms with Gasteiger partial charge in [-0.3, -0.25) is 4.79 Å². The van der Waals surface area contributed by atoms with Crippen LogP contribution in [0.25, 0.3) is 0 Å². The fourth-order valence-corrected chi connectivity index (χ4v) is 3.70. The first-order valence-electron chi connectivity index (χ1n) is 6.44. The zero-order chi connectivity index (χ0) is 15.2. The Morgan fingerprint density at radius 3 is 2.76 bits per heavy atom. The minimum Gasteiger partial charge on any atom is -0.478 e. The molecule has 1 unspecified atom stereocenters. The summed E-state index contributed by atoms with van der Waals surface area (Å²) in [6, 6.07) is 10.2. The Morgan fingerprint density at radius 1 is 1.33 bits per heavy atom. The molecule has 1 heterocycles. The molecule has 6 heteroatoms. The second kappa shape index (κ2) is 7.28. The summed E-state index contributed by atoms with van der Waals surface area (Å²) in [4.78, 5) is 23.2. The van der Waals surface area contributed by atoms with Gasteiger partial charge in [0, 0.05) is 5.69 Å². The fourth-order valence-electron chi connectivity index (χ4n) is 1.75. The van der Waals surface area contributed by atoms with Gasteiger partial charge < -0.3 is 10.4 Å². The van der Waals surface area contributed by atoms with Gasteiger partial charge in [-0.25, -0.2) is 4.79 Å². The predicted molar refractivity (Wildman–Crippen MR) is 86.3 cm³/mol. The van der Waals surface area contributed by atoms with E-state index in [-0.39, 0.29) is 16.7 Å². The normalized spacial score (nSPS) is 11.9. The molecule has 2 aromatic rings. The number of thioether (sulfide) groups is 1. The van der Waals surface area contributed by atoms with E-state index in [2.05, 4.69) is 5.32 Å². The van der Waals surface area contributed by atoms with Crippen LogP contribution in [0.2, 0.25) is 0 Å². The van der Waals surface area contributed by atoms with Gasteiger partial charge >= 0.3 is 5.97 Å². The number of thiophene rings is 1. The number of hydrogen-bond acceptors (Lipinski definition) is 4. The number of carbonyl (C=O) groups is 2. The predicted octanol–water partition coefficient (Wildman–Crippen LogP) is 3.96. The van der Waals surface area contributed by atoms with Crippen molar-refractivity contribution in [2.75, 3.05) is 5.32 Å². The summed E-state index contributed by atoms with van der Waals surface area (Å²) in [5.74, 6) is -1.12. The molecule has 1 atom stereocenters. The maximum Gasteiger partial charge on any atom is 0.335 e. The molecular formula is C15H15NO3S2. The van der Waals surface area contributed by atoms with Crippen LogP contribution in [0.15, 0.2) is 46.0 Å². The minimum atomic E-state index is -1.01. The number of carboxylic acids is 1. The SMILES string of the molecule is CCC(Sc1cccs1)C(=O)Nc1cccc(C(=O)O)c1. The number of benzene rings is 1. The van der Waals surface area contributed by atoms with E-state index in [1.54, 1.807) is 23.5 Å². The van der Waals surface area contributed by atoms with Crippen molar-refractivity contribution in [2.24, 2.45) is 0 Å². The van der Waals surface area contributed by atoms with Crippen molar-refractivity contribution in [3.8, 4) is 0 Å². The molecule has 0 aliphatic carbocycles. The first-order valence-corrected chi connectivity index (χ1v) is 8.20. The molecule has 21 heavy (non-hydrogen) atoms. The van der Waals surface area contributed by atoms with Gasteiger partial charge in [0.15, 0.2) is 0 Å². The molecule has 0 spiro atoms. The molecule has 1 aromatic heterocycles. The summed E-state index contributed by atoms with van der Waals surface area (Å²) in [7, 11) is 0. The Kier molecular flexibility index (Phi) is 5.41. The molecule has 0 aliphatic rings. The number of carboxylic acid groups (broad SMARTS) is 1. The summed E-state index contributed by atoms with van der Waals surface area (Å²) in [6.07, 6.45) is 0.701. The highest BCUT2D eigenvalue weighted by Crippen LogP contribution is 2.30. The fraction of sp³-hybridized carbons (Fsp3) is 0.200. The van der Waals surface area contributed by atoms with Gasteiger partial charge in [-0.05, 0) is 36.1 Å². The largest absolute Gasteiger partial charge is 0.478 e. The van der Waals surface area contributed by atoms with Crippen LogP contribution in [0, 0.1) is 0 Å². The smallest absolute Gasteiger partial charge is 0.335 e. The number of anilines is 1. The Hall–Kier alpha value is -1.79. The highest BCUT2D eigenvalue weighted by Gasteiger charge is 2.18. The molecule has 0 saturated heterocycles. The lowest BCUT2D eigenvalue weighted by molar-refractivity contribution is -0.115. The van der Waals surface area contributed by atoms with Crippen LogP contribution in [-0.4, -0.2) is 22.2 Å². The number of amides is 1. The first kappa shape index (κ1) is 15.6. The Balaban J connectivity index is 2.05. The highest BCUT2D eigenvalue weighted by atomic mass is 32.2. The van der Waals surface area contributed by atoms with Crippen molar-refractivity contribution in [1.82, 2.24) is 0 Å². The molecule has 0 fully saturated rings. The third kappa shape index (κ3) is 4.34. The molecule has 0 saturated carbocycles. The molecule has 0 bridgehead atoms. The number of nitrogens with one attached hydrogen (secondary N) is 1. The maximum absolute atomic E-state index is 12.3. The number of aromatic carboxylic acids is 1. The van der Waals surface area contributed by atoms with E-state index in [1.165, 1.54) is 23.9 Å². The number of rotatable bonds is 6. The van der Waals surface area contributed by atoms with Gasteiger partial charge in [-0.1, -0.05) is 19.1 Å². The molecule has 2 N–H and O–H groups in total. The Labute approximate surface area is 131 Å². The quantitative estimate of drug-likeness (QED) is 0.790. The zero-order valence-corrected chi connectivity index (χ0v) is 13.0. The monoisotopic (exact) mass is 321 g/mol. The van der Waals surface area contributed by atoms with Crippen LogP contribution in [0.4, 0.5) is 5.69 Å². The first-order chi connectivity index (χ1) is 10.1. The lowest BCUT2D eigenvalue weighted by atomic mass is 10.2. The summed E-state index contributed by atoms with van der Waals surface area (Å²) in [6.45, 7) is 1.96. The summed E-state index contributed by atoms with van der Waals surface area (Å²) in [5.41, 5.74) is 0.664. The van der Waals surface area contributed by atoms with Gasteiger partial charge in [0.1, 0.15) is 0 Å². The van der Waals surface area contributed by atoms with Crippen molar-refractivity contribution in [2.45, 2.75) is 22.8 Å². The van der Waals surface area contributed by atoms with Crippen LogP contribution in [0.5, 0.6) is 0 Å². The van der Waals surface area contributed by atoms with E-state index in [4.69, 9.17) is 5.11 Å². The van der Waals surface area contributed by atoms with Crippen LogP contribution in [-0.2, 0) is 4.79 Å². The average Bonchev–Trinajstić information content (AvgIpc) is 2.97. The van der Waals surface area contributed by atoms with E-state index >= 15 is 0 Å². The summed E-state index contributed by atoms with van der Waals surface area (Å²) >= 11 is 3.13. The Bertz CT molecular complexity index is 626. The second-order valence-electron chi connectivity index (χ2n) is 4.32. The van der Waals surface area contributed by atoms with E-state index in [0.717, 1.165) is 4.21 Å². The number of hydrogen-bond donors (Lipinski definition) is 2. The van der Waals surface area contributed by atoms with Gasteiger partial charge in [-0.15, -0.1) is 23.1 Å².